The SMILES string of the molecule is CC(C)Cc1[nH]c2ccccc2[n+]1CC(C)C. The van der Waals surface area contributed by atoms with E-state index in [1.807, 2.05) is 0 Å². The molecule has 2 nitrogen and oxygen atoms in total. The van der Waals surface area contributed by atoms with E-state index in [-0.39, 0.29) is 0 Å². The first-order valence-corrected chi connectivity index (χ1v) is 6.57. The van der Waals surface area contributed by atoms with Gasteiger partial charge >= 0.3 is 0 Å². The molecule has 0 saturated heterocycles. The number of aromatic nitrogens is 2. The van der Waals surface area contributed by atoms with Gasteiger partial charge in [0.05, 0.1) is 13.0 Å². The number of rotatable bonds is 4. The third kappa shape index (κ3) is 2.68. The van der Waals surface area contributed by atoms with E-state index in [0.717, 1.165) is 13.0 Å². The second-order valence-corrected chi connectivity index (χ2v) is 5.69. The van der Waals surface area contributed by atoms with Crippen LogP contribution in [0.2, 0.25) is 0 Å². The highest BCUT2D eigenvalue weighted by atomic mass is 15.1. The van der Waals surface area contributed by atoms with Crippen LogP contribution in [0.15, 0.2) is 24.3 Å². The van der Waals surface area contributed by atoms with Crippen LogP contribution in [0.25, 0.3) is 11.0 Å². The monoisotopic (exact) mass is 231 g/mol. The number of fused-ring (bicyclic) bond motifs is 1. The van der Waals surface area contributed by atoms with Crippen LogP contribution < -0.4 is 4.57 Å². The minimum atomic E-state index is 0.671. The van der Waals surface area contributed by atoms with E-state index in [4.69, 9.17) is 0 Å². The molecule has 0 atom stereocenters. The van der Waals surface area contributed by atoms with Gasteiger partial charge in [-0.15, -0.1) is 0 Å². The maximum absolute atomic E-state index is 3.56. The van der Waals surface area contributed by atoms with E-state index >= 15 is 0 Å². The van der Waals surface area contributed by atoms with Gasteiger partial charge in [0, 0.05) is 0 Å². The molecule has 17 heavy (non-hydrogen) atoms. The summed E-state index contributed by atoms with van der Waals surface area (Å²) in [6, 6.07) is 8.58. The Morgan fingerprint density at radius 3 is 2.41 bits per heavy atom. The quantitative estimate of drug-likeness (QED) is 0.779. The van der Waals surface area contributed by atoms with Gasteiger partial charge < -0.3 is 0 Å². The van der Waals surface area contributed by atoms with Gasteiger partial charge in [0.2, 0.25) is 0 Å². The molecule has 2 heteroatoms. The first kappa shape index (κ1) is 12.2. The first-order valence-electron chi connectivity index (χ1n) is 6.57. The Morgan fingerprint density at radius 2 is 1.76 bits per heavy atom. The fourth-order valence-electron chi connectivity index (χ4n) is 2.30. The van der Waals surface area contributed by atoms with Crippen LogP contribution in [0.1, 0.15) is 33.5 Å². The maximum atomic E-state index is 3.56. The highest BCUT2D eigenvalue weighted by Gasteiger charge is 2.19. The molecule has 0 fully saturated rings. The predicted molar refractivity (Wildman–Crippen MR) is 71.9 cm³/mol. The zero-order valence-electron chi connectivity index (χ0n) is 11.3. The van der Waals surface area contributed by atoms with Crippen LogP contribution >= 0.6 is 0 Å². The normalized spacial score (nSPS) is 11.9. The molecule has 0 aliphatic rings. The lowest BCUT2D eigenvalue weighted by atomic mass is 10.1. The molecule has 1 aromatic heterocycles. The van der Waals surface area contributed by atoms with Gasteiger partial charge in [-0.1, -0.05) is 39.8 Å². The van der Waals surface area contributed by atoms with Crippen molar-refractivity contribution in [2.24, 2.45) is 11.8 Å². The van der Waals surface area contributed by atoms with E-state index in [1.54, 1.807) is 0 Å². The Labute approximate surface area is 104 Å². The van der Waals surface area contributed by atoms with E-state index < -0.39 is 0 Å². The van der Waals surface area contributed by atoms with Crippen LogP contribution in [0.3, 0.4) is 0 Å². The number of hydrogen-bond acceptors (Lipinski definition) is 0. The number of imidazole rings is 1. The van der Waals surface area contributed by atoms with Crippen molar-refractivity contribution in [2.75, 3.05) is 0 Å². The Bertz CT molecular complexity index is 495. The fourth-order valence-corrected chi connectivity index (χ4v) is 2.30. The fraction of sp³-hybridized carbons (Fsp3) is 0.533. The van der Waals surface area contributed by atoms with Crippen molar-refractivity contribution in [3.63, 3.8) is 0 Å². The summed E-state index contributed by atoms with van der Waals surface area (Å²) in [6.45, 7) is 10.2. The van der Waals surface area contributed by atoms with E-state index in [2.05, 4.69) is 61.5 Å². The molecule has 2 rings (SSSR count). The van der Waals surface area contributed by atoms with Gasteiger partial charge in [0.1, 0.15) is 0 Å². The van der Waals surface area contributed by atoms with E-state index in [0.29, 0.717) is 11.8 Å². The molecule has 0 saturated carbocycles. The summed E-state index contributed by atoms with van der Waals surface area (Å²) in [7, 11) is 0. The summed E-state index contributed by atoms with van der Waals surface area (Å²) >= 11 is 0. The predicted octanol–water partition coefficient (Wildman–Crippen LogP) is 3.31. The molecule has 0 spiro atoms. The molecule has 0 aliphatic carbocycles. The Kier molecular flexibility index (Phi) is 3.51. The first-order chi connectivity index (χ1) is 8.08. The third-order valence-corrected chi connectivity index (χ3v) is 2.95. The van der Waals surface area contributed by atoms with Gasteiger partial charge in [-0.2, -0.15) is 0 Å². The van der Waals surface area contributed by atoms with Gasteiger partial charge in [0.25, 0.3) is 5.82 Å². The van der Waals surface area contributed by atoms with Gasteiger partial charge in [-0.3, -0.25) is 0 Å². The average molecular weight is 231 g/mol. The summed E-state index contributed by atoms with van der Waals surface area (Å²) in [6.07, 6.45) is 1.11. The zero-order valence-corrected chi connectivity index (χ0v) is 11.3. The number of aromatic amines is 1. The number of nitrogens with one attached hydrogen (secondary N) is 1. The number of benzene rings is 1. The molecule has 1 aromatic carbocycles. The summed E-state index contributed by atoms with van der Waals surface area (Å²) in [5.41, 5.74) is 2.58. The zero-order chi connectivity index (χ0) is 12.4. The number of hydrogen-bond donors (Lipinski definition) is 1. The molecule has 92 valence electrons. The maximum Gasteiger partial charge on any atom is 0.255 e. The lowest BCUT2D eigenvalue weighted by Crippen LogP contribution is -2.39. The highest BCUT2D eigenvalue weighted by molar-refractivity contribution is 5.71. The lowest BCUT2D eigenvalue weighted by molar-refractivity contribution is -0.684. The van der Waals surface area contributed by atoms with Gasteiger partial charge in [-0.05, 0) is 24.0 Å². The Balaban J connectivity index is 2.48. The van der Waals surface area contributed by atoms with Crippen LogP contribution in [-0.2, 0) is 13.0 Å². The van der Waals surface area contributed by atoms with Crippen molar-refractivity contribution in [1.82, 2.24) is 4.98 Å². The largest absolute Gasteiger partial charge is 0.255 e. The minimum Gasteiger partial charge on any atom is -0.241 e. The molecule has 0 amide bonds. The smallest absolute Gasteiger partial charge is 0.241 e. The van der Waals surface area contributed by atoms with Crippen molar-refractivity contribution in [3.05, 3.63) is 30.1 Å². The number of para-hydroxylation sites is 2. The van der Waals surface area contributed by atoms with E-state index in [9.17, 15) is 0 Å². The van der Waals surface area contributed by atoms with Gasteiger partial charge in [0.15, 0.2) is 11.0 Å². The minimum absolute atomic E-state index is 0.671. The molecular formula is C15H23N2+. The van der Waals surface area contributed by atoms with Crippen LogP contribution in [0.5, 0.6) is 0 Å². The van der Waals surface area contributed by atoms with Gasteiger partial charge in [-0.25, -0.2) is 9.55 Å². The Hall–Kier alpha value is -1.31. The molecule has 0 unspecified atom stereocenters. The molecule has 2 aromatic rings. The van der Waals surface area contributed by atoms with Crippen LogP contribution in [0, 0.1) is 11.8 Å². The standard InChI is InChI=1S/C15H22N2/c1-11(2)9-15-16-13-7-5-6-8-14(13)17(15)10-12(3)4/h5-8,11-12H,9-10H2,1-4H3/p+1. The number of H-pyrrole nitrogens is 1. The highest BCUT2D eigenvalue weighted by Crippen LogP contribution is 2.12. The molecule has 1 heterocycles. The molecular weight excluding hydrogens is 208 g/mol. The molecule has 0 radical (unpaired) electrons. The summed E-state index contributed by atoms with van der Waals surface area (Å²) in [5, 5.41) is 0. The average Bonchev–Trinajstić information content (AvgIpc) is 2.55. The lowest BCUT2D eigenvalue weighted by Gasteiger charge is -2.06. The van der Waals surface area contributed by atoms with Crippen LogP contribution in [0.4, 0.5) is 0 Å². The van der Waals surface area contributed by atoms with Crippen LogP contribution in [-0.4, -0.2) is 4.98 Å². The van der Waals surface area contributed by atoms with Crippen molar-refractivity contribution in [2.45, 2.75) is 40.7 Å². The summed E-state index contributed by atoms with van der Waals surface area (Å²) in [5.74, 6) is 2.71. The molecule has 1 N–H and O–H groups in total. The third-order valence-electron chi connectivity index (χ3n) is 2.95. The molecule has 0 bridgehead atoms. The van der Waals surface area contributed by atoms with Crippen molar-refractivity contribution in [1.29, 1.82) is 0 Å². The number of nitrogens with zero attached hydrogens (tertiary/aromatic N) is 1. The van der Waals surface area contributed by atoms with Crippen molar-refractivity contribution in [3.8, 4) is 0 Å². The second kappa shape index (κ2) is 4.91. The van der Waals surface area contributed by atoms with Crippen molar-refractivity contribution >= 4 is 11.0 Å². The van der Waals surface area contributed by atoms with E-state index in [1.165, 1.54) is 16.9 Å². The second-order valence-electron chi connectivity index (χ2n) is 5.69. The summed E-state index contributed by atoms with van der Waals surface area (Å²) < 4.78 is 2.44. The summed E-state index contributed by atoms with van der Waals surface area (Å²) in [4.78, 5) is 3.56. The molecule has 0 aliphatic heterocycles. The van der Waals surface area contributed by atoms with Crippen molar-refractivity contribution < 1.29 is 4.57 Å². The topological polar surface area (TPSA) is 19.7 Å². The Morgan fingerprint density at radius 1 is 1.06 bits per heavy atom.